The lowest BCUT2D eigenvalue weighted by Crippen LogP contribution is -1.99. The molecule has 2 heterocycles. The third kappa shape index (κ3) is 4.01. The van der Waals surface area contributed by atoms with Gasteiger partial charge in [-0.2, -0.15) is 5.26 Å². The maximum Gasteiger partial charge on any atom is 0.219 e. The molecule has 4 heteroatoms. The van der Waals surface area contributed by atoms with Gasteiger partial charge in [0.2, 0.25) is 5.69 Å². The second-order valence-corrected chi connectivity index (χ2v) is 11.9. The van der Waals surface area contributed by atoms with Crippen LogP contribution in [0.3, 0.4) is 0 Å². The van der Waals surface area contributed by atoms with Gasteiger partial charge < -0.3 is 9.13 Å². The van der Waals surface area contributed by atoms with E-state index in [1.165, 1.54) is 21.8 Å². The number of benzene rings is 7. The van der Waals surface area contributed by atoms with E-state index in [2.05, 4.69) is 141 Å². The molecule has 0 saturated heterocycles. The fourth-order valence-electron chi connectivity index (χ4n) is 7.33. The molecule has 0 spiro atoms. The second kappa shape index (κ2) is 10.9. The van der Waals surface area contributed by atoms with Crippen LogP contribution in [0.5, 0.6) is 0 Å². The molecule has 0 unspecified atom stereocenters. The zero-order valence-corrected chi connectivity index (χ0v) is 25.8. The third-order valence-electron chi connectivity index (χ3n) is 9.42. The Labute approximate surface area is 277 Å². The Bertz CT molecular complexity index is 2690. The van der Waals surface area contributed by atoms with E-state index in [0.29, 0.717) is 16.9 Å². The van der Waals surface area contributed by atoms with E-state index in [-0.39, 0.29) is 0 Å². The summed E-state index contributed by atoms with van der Waals surface area (Å²) >= 11 is 0. The van der Waals surface area contributed by atoms with Crippen LogP contribution in [0.4, 0.5) is 5.69 Å². The number of rotatable bonds is 4. The maximum atomic E-state index is 10.3. The minimum atomic E-state index is 0.457. The number of aromatic nitrogens is 2. The zero-order chi connectivity index (χ0) is 32.2. The van der Waals surface area contributed by atoms with Gasteiger partial charge in [0.25, 0.3) is 0 Å². The quantitative estimate of drug-likeness (QED) is 0.183. The molecule has 9 aromatic rings. The van der Waals surface area contributed by atoms with Gasteiger partial charge in [-0.1, -0.05) is 121 Å². The van der Waals surface area contributed by atoms with Crippen molar-refractivity contribution in [3.05, 3.63) is 175 Å². The Morgan fingerprint density at radius 2 is 0.896 bits per heavy atom. The summed E-state index contributed by atoms with van der Waals surface area (Å²) in [5.41, 5.74) is 10.8. The number of fused-ring (bicyclic) bond motifs is 6. The molecule has 0 atom stereocenters. The highest BCUT2D eigenvalue weighted by Crippen LogP contribution is 2.43. The number of nitriles is 1. The Balaban J connectivity index is 1.21. The van der Waals surface area contributed by atoms with E-state index in [0.717, 1.165) is 49.7 Å². The average Bonchev–Trinajstić information content (AvgIpc) is 3.67. The van der Waals surface area contributed by atoms with Gasteiger partial charge in [-0.05, 0) is 53.1 Å². The molecule has 0 aliphatic heterocycles. The fourth-order valence-corrected chi connectivity index (χ4v) is 7.33. The monoisotopic (exact) mass is 610 g/mol. The van der Waals surface area contributed by atoms with Gasteiger partial charge in [0.05, 0.1) is 51.6 Å². The van der Waals surface area contributed by atoms with Crippen molar-refractivity contribution < 1.29 is 0 Å². The van der Waals surface area contributed by atoms with Gasteiger partial charge in [-0.25, -0.2) is 4.85 Å². The van der Waals surface area contributed by atoms with E-state index in [1.807, 2.05) is 36.4 Å². The summed E-state index contributed by atoms with van der Waals surface area (Å²) < 4.78 is 4.43. The molecule has 0 aliphatic carbocycles. The second-order valence-electron chi connectivity index (χ2n) is 11.9. The Morgan fingerprint density at radius 1 is 0.458 bits per heavy atom. The number of hydrogen-bond donors (Lipinski definition) is 0. The summed E-state index contributed by atoms with van der Waals surface area (Å²) in [5, 5.41) is 14.9. The lowest BCUT2D eigenvalue weighted by atomic mass is 9.96. The molecule has 2 aromatic heterocycles. The molecular formula is C44H26N4. The molecule has 4 nitrogen and oxygen atoms in total. The molecule has 48 heavy (non-hydrogen) atoms. The molecule has 7 aromatic carbocycles. The highest BCUT2D eigenvalue weighted by Gasteiger charge is 2.21. The van der Waals surface area contributed by atoms with Crippen molar-refractivity contribution in [1.82, 2.24) is 9.13 Å². The van der Waals surface area contributed by atoms with Crippen molar-refractivity contribution in [2.24, 2.45) is 0 Å². The lowest BCUT2D eigenvalue weighted by Gasteiger charge is -2.16. The molecule has 0 radical (unpaired) electrons. The molecule has 0 N–H and O–H groups in total. The van der Waals surface area contributed by atoms with Gasteiger partial charge in [0.1, 0.15) is 0 Å². The summed E-state index contributed by atoms with van der Waals surface area (Å²) in [7, 11) is 0. The lowest BCUT2D eigenvalue weighted by molar-refractivity contribution is 1.17. The molecule has 0 fully saturated rings. The van der Waals surface area contributed by atoms with Crippen LogP contribution >= 0.6 is 0 Å². The van der Waals surface area contributed by atoms with E-state index >= 15 is 0 Å². The minimum Gasteiger partial charge on any atom is -0.318 e. The van der Waals surface area contributed by atoms with Crippen LogP contribution in [0.25, 0.3) is 82.1 Å². The van der Waals surface area contributed by atoms with Crippen molar-refractivity contribution in [2.45, 2.75) is 0 Å². The fraction of sp³-hybridized carbons (Fsp3) is 0. The first-order valence-corrected chi connectivity index (χ1v) is 15.9. The van der Waals surface area contributed by atoms with Crippen LogP contribution in [0, 0.1) is 17.9 Å². The maximum absolute atomic E-state index is 10.3. The van der Waals surface area contributed by atoms with Gasteiger partial charge in [0.15, 0.2) is 0 Å². The van der Waals surface area contributed by atoms with Crippen LogP contribution in [0.1, 0.15) is 5.56 Å². The Morgan fingerprint density at radius 3 is 1.40 bits per heavy atom. The van der Waals surface area contributed by atoms with Gasteiger partial charge in [-0.3, -0.25) is 0 Å². The summed E-state index contributed by atoms with van der Waals surface area (Å²) in [6.45, 7) is 8.38. The zero-order valence-electron chi connectivity index (χ0n) is 25.8. The van der Waals surface area contributed by atoms with Crippen molar-refractivity contribution >= 4 is 49.3 Å². The van der Waals surface area contributed by atoms with Crippen LogP contribution in [0.15, 0.2) is 158 Å². The smallest absolute Gasteiger partial charge is 0.219 e. The number of nitrogens with zero attached hydrogens (tertiary/aromatic N) is 4. The third-order valence-corrected chi connectivity index (χ3v) is 9.42. The van der Waals surface area contributed by atoms with E-state index in [9.17, 15) is 5.26 Å². The molecule has 222 valence electrons. The van der Waals surface area contributed by atoms with Crippen LogP contribution in [-0.4, -0.2) is 9.13 Å². The molecular weight excluding hydrogens is 585 g/mol. The number of hydrogen-bond acceptors (Lipinski definition) is 1. The molecule has 0 bridgehead atoms. The van der Waals surface area contributed by atoms with E-state index in [1.54, 1.807) is 0 Å². The van der Waals surface area contributed by atoms with Crippen LogP contribution in [0.2, 0.25) is 0 Å². The highest BCUT2D eigenvalue weighted by atomic mass is 15.0. The van der Waals surface area contributed by atoms with Crippen molar-refractivity contribution in [2.75, 3.05) is 0 Å². The summed E-state index contributed by atoms with van der Waals surface area (Å²) in [6, 6.07) is 56.5. The SMILES string of the molecule is [C-]#[N+]c1c(-c2ccc(-c3ccccc3-n3c4ccccc4c4ccccc43)cc2)ccc(C#N)c1-n1c2ccccc2c2ccccc21. The molecule has 0 saturated carbocycles. The van der Waals surface area contributed by atoms with Gasteiger partial charge in [-0.15, -0.1) is 0 Å². The molecule has 0 aliphatic rings. The van der Waals surface area contributed by atoms with Gasteiger partial charge >= 0.3 is 0 Å². The minimum absolute atomic E-state index is 0.457. The Kier molecular flexibility index (Phi) is 6.22. The van der Waals surface area contributed by atoms with Crippen molar-refractivity contribution in [3.63, 3.8) is 0 Å². The molecule has 0 amide bonds. The first kappa shape index (κ1) is 27.4. The largest absolute Gasteiger partial charge is 0.318 e. The molecule has 9 rings (SSSR count). The summed E-state index contributed by atoms with van der Waals surface area (Å²) in [4.78, 5) is 4.09. The average molecular weight is 611 g/mol. The van der Waals surface area contributed by atoms with Gasteiger partial charge in [0, 0.05) is 27.1 Å². The van der Waals surface area contributed by atoms with Crippen molar-refractivity contribution in [3.8, 4) is 39.7 Å². The summed E-state index contributed by atoms with van der Waals surface area (Å²) in [6.07, 6.45) is 0. The predicted molar refractivity (Wildman–Crippen MR) is 197 cm³/mol. The van der Waals surface area contributed by atoms with Crippen molar-refractivity contribution in [1.29, 1.82) is 5.26 Å². The number of para-hydroxylation sites is 5. The first-order chi connectivity index (χ1) is 23.8. The summed E-state index contributed by atoms with van der Waals surface area (Å²) in [5.74, 6) is 0. The first-order valence-electron chi connectivity index (χ1n) is 15.9. The predicted octanol–water partition coefficient (Wildman–Crippen LogP) is 11.6. The normalized spacial score (nSPS) is 11.3. The van der Waals surface area contributed by atoms with E-state index in [4.69, 9.17) is 6.57 Å². The topological polar surface area (TPSA) is 38.0 Å². The standard InChI is InChI=1S/C44H26N4/c1-46-43-33(27-26-31(28-45)44(43)48-41-20-10-5-15-36(41)37-16-6-11-21-42(37)48)30-24-22-29(23-25-30)32-12-2-7-17-38(32)47-39-18-8-3-13-34(39)35-14-4-9-19-40(35)47/h2-27H. The Hall–Kier alpha value is -6.88. The van der Waals surface area contributed by atoms with Crippen LogP contribution < -0.4 is 0 Å². The van der Waals surface area contributed by atoms with Crippen LogP contribution in [-0.2, 0) is 0 Å². The highest BCUT2D eigenvalue weighted by molar-refractivity contribution is 6.11. The van der Waals surface area contributed by atoms with E-state index < -0.39 is 0 Å².